The van der Waals surface area contributed by atoms with E-state index < -0.39 is 0 Å². The van der Waals surface area contributed by atoms with Gasteiger partial charge in [0.1, 0.15) is 11.5 Å². The highest BCUT2D eigenvalue weighted by Gasteiger charge is 2.23. The molecule has 0 spiro atoms. The molecule has 1 aliphatic carbocycles. The van der Waals surface area contributed by atoms with Crippen LogP contribution in [0.5, 0.6) is 5.75 Å². The van der Waals surface area contributed by atoms with Gasteiger partial charge in [-0.3, -0.25) is 0 Å². The molecular formula is C16H19NO2. The third-order valence-electron chi connectivity index (χ3n) is 4.01. The Bertz CT molecular complexity index is 601. The smallest absolute Gasteiger partial charge is 0.123 e. The van der Waals surface area contributed by atoms with Gasteiger partial charge in [-0.15, -0.1) is 0 Å². The van der Waals surface area contributed by atoms with Gasteiger partial charge in [-0.05, 0) is 44.4 Å². The number of anilines is 1. The van der Waals surface area contributed by atoms with Crippen LogP contribution in [0.15, 0.2) is 28.9 Å². The lowest BCUT2D eigenvalue weighted by Crippen LogP contribution is -2.16. The Morgan fingerprint density at radius 1 is 1.26 bits per heavy atom. The Hall–Kier alpha value is -1.90. The monoisotopic (exact) mass is 257 g/mol. The van der Waals surface area contributed by atoms with Gasteiger partial charge >= 0.3 is 0 Å². The summed E-state index contributed by atoms with van der Waals surface area (Å²) < 4.78 is 5.51. The molecular weight excluding hydrogens is 238 g/mol. The predicted molar refractivity (Wildman–Crippen MR) is 75.6 cm³/mol. The van der Waals surface area contributed by atoms with Crippen LogP contribution < -0.4 is 5.32 Å². The Labute approximate surface area is 113 Å². The molecule has 0 fully saturated rings. The quantitative estimate of drug-likeness (QED) is 0.851. The van der Waals surface area contributed by atoms with Crippen LogP contribution in [-0.2, 0) is 6.42 Å². The van der Waals surface area contributed by atoms with E-state index in [9.17, 15) is 5.11 Å². The van der Waals surface area contributed by atoms with Crippen molar-refractivity contribution >= 4 is 5.69 Å². The van der Waals surface area contributed by atoms with Crippen molar-refractivity contribution in [3.05, 3.63) is 46.9 Å². The lowest BCUT2D eigenvalue weighted by Gasteiger charge is -2.25. The van der Waals surface area contributed by atoms with Gasteiger partial charge in [0, 0.05) is 23.2 Å². The summed E-state index contributed by atoms with van der Waals surface area (Å²) in [7, 11) is 0. The second-order valence-corrected chi connectivity index (χ2v) is 5.29. The molecule has 2 N–H and O–H groups in total. The maximum absolute atomic E-state index is 10.0. The first kappa shape index (κ1) is 12.2. The SMILES string of the molecule is Cc1ccc(NC2CCCc3occc32)c(C)c1O. The normalized spacial score (nSPS) is 18.1. The molecule has 1 aromatic heterocycles. The number of fused-ring (bicyclic) bond motifs is 1. The molecule has 0 radical (unpaired) electrons. The highest BCUT2D eigenvalue weighted by molar-refractivity contribution is 5.60. The number of phenolic OH excluding ortho intramolecular Hbond substituents is 1. The van der Waals surface area contributed by atoms with Crippen molar-refractivity contribution in [1.29, 1.82) is 0 Å². The zero-order valence-electron chi connectivity index (χ0n) is 11.4. The lowest BCUT2D eigenvalue weighted by molar-refractivity contribution is 0.460. The molecule has 3 nitrogen and oxygen atoms in total. The molecule has 1 aromatic carbocycles. The van der Waals surface area contributed by atoms with Gasteiger partial charge in [0.15, 0.2) is 0 Å². The highest BCUT2D eigenvalue weighted by atomic mass is 16.3. The van der Waals surface area contributed by atoms with Gasteiger partial charge in [-0.2, -0.15) is 0 Å². The fourth-order valence-electron chi connectivity index (χ4n) is 2.82. The highest BCUT2D eigenvalue weighted by Crippen LogP contribution is 2.36. The molecule has 0 saturated carbocycles. The number of nitrogens with one attached hydrogen (secondary N) is 1. The minimum absolute atomic E-state index is 0.281. The van der Waals surface area contributed by atoms with Crippen molar-refractivity contribution in [2.24, 2.45) is 0 Å². The summed E-state index contributed by atoms with van der Waals surface area (Å²) in [6.45, 7) is 3.87. The molecule has 2 aromatic rings. The van der Waals surface area contributed by atoms with E-state index in [1.165, 1.54) is 5.56 Å². The summed E-state index contributed by atoms with van der Waals surface area (Å²) in [5.41, 5.74) is 4.08. The second-order valence-electron chi connectivity index (χ2n) is 5.29. The average molecular weight is 257 g/mol. The molecule has 0 aliphatic heterocycles. The Balaban J connectivity index is 1.90. The van der Waals surface area contributed by atoms with Crippen LogP contribution >= 0.6 is 0 Å². The van der Waals surface area contributed by atoms with Crippen LogP contribution in [0.2, 0.25) is 0 Å². The van der Waals surface area contributed by atoms with Gasteiger partial charge in [0.2, 0.25) is 0 Å². The van der Waals surface area contributed by atoms with Crippen LogP contribution in [0, 0.1) is 13.8 Å². The minimum Gasteiger partial charge on any atom is -0.507 e. The Kier molecular flexibility index (Phi) is 2.97. The zero-order valence-corrected chi connectivity index (χ0v) is 11.4. The number of phenols is 1. The first-order chi connectivity index (χ1) is 9.16. The average Bonchev–Trinajstić information content (AvgIpc) is 2.89. The maximum Gasteiger partial charge on any atom is 0.123 e. The van der Waals surface area contributed by atoms with E-state index in [4.69, 9.17) is 4.42 Å². The number of rotatable bonds is 2. The summed E-state index contributed by atoms with van der Waals surface area (Å²) in [6, 6.07) is 6.32. The van der Waals surface area contributed by atoms with Crippen LogP contribution in [0.4, 0.5) is 5.69 Å². The topological polar surface area (TPSA) is 45.4 Å². The second kappa shape index (κ2) is 4.65. The molecule has 19 heavy (non-hydrogen) atoms. The van der Waals surface area contributed by atoms with Crippen molar-refractivity contribution in [3.63, 3.8) is 0 Å². The van der Waals surface area contributed by atoms with Crippen LogP contribution in [0.3, 0.4) is 0 Å². The molecule has 3 heteroatoms. The van der Waals surface area contributed by atoms with E-state index in [-0.39, 0.29) is 6.04 Å². The summed E-state index contributed by atoms with van der Waals surface area (Å²) in [4.78, 5) is 0. The molecule has 1 aliphatic rings. The zero-order chi connectivity index (χ0) is 13.4. The first-order valence-corrected chi connectivity index (χ1v) is 6.79. The Morgan fingerprint density at radius 3 is 2.95 bits per heavy atom. The lowest BCUT2D eigenvalue weighted by atomic mass is 9.93. The first-order valence-electron chi connectivity index (χ1n) is 6.79. The van der Waals surface area contributed by atoms with Crippen LogP contribution in [0.25, 0.3) is 0 Å². The summed E-state index contributed by atoms with van der Waals surface area (Å²) in [5.74, 6) is 1.48. The van der Waals surface area contributed by atoms with Gasteiger partial charge < -0.3 is 14.8 Å². The molecule has 1 heterocycles. The van der Waals surface area contributed by atoms with Crippen molar-refractivity contribution in [2.75, 3.05) is 5.32 Å². The van der Waals surface area contributed by atoms with E-state index in [1.54, 1.807) is 6.26 Å². The number of furan rings is 1. The van der Waals surface area contributed by atoms with E-state index in [0.29, 0.717) is 5.75 Å². The minimum atomic E-state index is 0.281. The fourth-order valence-corrected chi connectivity index (χ4v) is 2.82. The fraction of sp³-hybridized carbons (Fsp3) is 0.375. The molecule has 1 unspecified atom stereocenters. The Morgan fingerprint density at radius 2 is 2.11 bits per heavy atom. The van der Waals surface area contributed by atoms with Gasteiger partial charge in [0.25, 0.3) is 0 Å². The molecule has 1 atom stereocenters. The largest absolute Gasteiger partial charge is 0.507 e. The summed E-state index contributed by atoms with van der Waals surface area (Å²) in [5, 5.41) is 13.6. The summed E-state index contributed by atoms with van der Waals surface area (Å²) >= 11 is 0. The van der Waals surface area contributed by atoms with Gasteiger partial charge in [-0.25, -0.2) is 0 Å². The van der Waals surface area contributed by atoms with Crippen molar-refractivity contribution in [2.45, 2.75) is 39.2 Å². The molecule has 0 amide bonds. The standard InChI is InChI=1S/C16H19NO2/c1-10-6-7-13(11(2)16(10)18)17-14-4-3-5-15-12(14)8-9-19-15/h6-9,14,17-18H,3-5H2,1-2H3. The van der Waals surface area contributed by atoms with Crippen molar-refractivity contribution in [3.8, 4) is 5.75 Å². The van der Waals surface area contributed by atoms with E-state index in [2.05, 4.69) is 11.4 Å². The maximum atomic E-state index is 10.0. The van der Waals surface area contributed by atoms with Crippen LogP contribution in [0.1, 0.15) is 41.3 Å². The summed E-state index contributed by atoms with van der Waals surface area (Å²) in [6.07, 6.45) is 5.03. The molecule has 0 saturated heterocycles. The third kappa shape index (κ3) is 2.09. The number of hydrogen-bond donors (Lipinski definition) is 2. The van der Waals surface area contributed by atoms with E-state index in [1.807, 2.05) is 26.0 Å². The van der Waals surface area contributed by atoms with Gasteiger partial charge in [-0.1, -0.05) is 6.07 Å². The predicted octanol–water partition coefficient (Wildman–Crippen LogP) is 4.09. The van der Waals surface area contributed by atoms with Gasteiger partial charge in [0.05, 0.1) is 12.3 Å². The van der Waals surface area contributed by atoms with Crippen molar-refractivity contribution < 1.29 is 9.52 Å². The number of benzene rings is 1. The van der Waals surface area contributed by atoms with Crippen LogP contribution in [-0.4, -0.2) is 5.11 Å². The molecule has 0 bridgehead atoms. The number of aromatic hydroxyl groups is 1. The number of aryl methyl sites for hydroxylation is 2. The van der Waals surface area contributed by atoms with Crippen molar-refractivity contribution in [1.82, 2.24) is 0 Å². The molecule has 3 rings (SSSR count). The number of hydrogen-bond acceptors (Lipinski definition) is 3. The third-order valence-corrected chi connectivity index (χ3v) is 4.01. The van der Waals surface area contributed by atoms with E-state index in [0.717, 1.165) is 41.8 Å². The molecule has 100 valence electrons. The van der Waals surface area contributed by atoms with E-state index >= 15 is 0 Å².